The van der Waals surface area contributed by atoms with Gasteiger partial charge in [0.25, 0.3) is 5.91 Å². The number of hydrogen-bond donors (Lipinski definition) is 0. The highest BCUT2D eigenvalue weighted by Gasteiger charge is 2.27. The molecule has 1 heterocycles. The number of rotatable bonds is 9. The van der Waals surface area contributed by atoms with Crippen LogP contribution in [0, 0.1) is 5.92 Å². The first kappa shape index (κ1) is 17.7. The maximum Gasteiger partial charge on any atom is 0.266 e. The maximum absolute atomic E-state index is 12.0. The van der Waals surface area contributed by atoms with Crippen molar-refractivity contribution in [1.29, 1.82) is 0 Å². The van der Waals surface area contributed by atoms with Gasteiger partial charge < -0.3 is 4.90 Å². The van der Waals surface area contributed by atoms with Crippen molar-refractivity contribution in [3.8, 4) is 0 Å². The fourth-order valence-corrected chi connectivity index (χ4v) is 2.73. The lowest BCUT2D eigenvalue weighted by molar-refractivity contribution is -0.124. The van der Waals surface area contributed by atoms with Gasteiger partial charge in [0.1, 0.15) is 6.67 Å². The number of carbonyl (C=O) groups is 1. The molecule has 0 aliphatic carbocycles. The van der Waals surface area contributed by atoms with Crippen LogP contribution in [0.1, 0.15) is 59.8 Å². The van der Waals surface area contributed by atoms with E-state index in [1.165, 1.54) is 17.4 Å². The van der Waals surface area contributed by atoms with Crippen LogP contribution >= 0.6 is 0 Å². The molecule has 0 saturated heterocycles. The number of hydrogen-bond acceptors (Lipinski definition) is 2. The molecule has 21 heavy (non-hydrogen) atoms. The van der Waals surface area contributed by atoms with Gasteiger partial charge in [0.05, 0.1) is 12.3 Å². The van der Waals surface area contributed by atoms with E-state index in [2.05, 4.69) is 45.3 Å². The van der Waals surface area contributed by atoms with Crippen LogP contribution in [0.5, 0.6) is 0 Å². The Morgan fingerprint density at radius 3 is 2.62 bits per heavy atom. The van der Waals surface area contributed by atoms with Crippen LogP contribution in [0.25, 0.3) is 0 Å². The quantitative estimate of drug-likeness (QED) is 0.581. The van der Waals surface area contributed by atoms with Crippen LogP contribution in [0.4, 0.5) is 0 Å². The molecule has 1 amide bonds. The predicted molar refractivity (Wildman–Crippen MR) is 90.5 cm³/mol. The van der Waals surface area contributed by atoms with Gasteiger partial charge in [-0.2, -0.15) is 0 Å². The summed E-state index contributed by atoms with van der Waals surface area (Å²) in [6, 6.07) is 0.206. The van der Waals surface area contributed by atoms with E-state index < -0.39 is 0 Å². The SMILES string of the molecule is C=C(C)CCC/C(=C\C)C(CCC(C)C)N1CN=CC1=O. The fraction of sp³-hybridized carbons (Fsp3) is 0.667. The second-order valence-corrected chi connectivity index (χ2v) is 6.42. The second kappa shape index (κ2) is 8.81. The first-order valence-electron chi connectivity index (χ1n) is 8.05. The molecule has 1 unspecified atom stereocenters. The van der Waals surface area contributed by atoms with Crippen molar-refractivity contribution in [1.82, 2.24) is 4.90 Å². The highest BCUT2D eigenvalue weighted by atomic mass is 16.2. The third-order valence-electron chi connectivity index (χ3n) is 3.98. The van der Waals surface area contributed by atoms with E-state index in [1.54, 1.807) is 0 Å². The van der Waals surface area contributed by atoms with E-state index in [1.807, 2.05) is 4.90 Å². The summed E-state index contributed by atoms with van der Waals surface area (Å²) in [6.07, 6.45) is 9.01. The summed E-state index contributed by atoms with van der Waals surface area (Å²) in [4.78, 5) is 18.0. The van der Waals surface area contributed by atoms with Gasteiger partial charge in [-0.05, 0) is 51.9 Å². The first-order valence-corrected chi connectivity index (χ1v) is 8.05. The zero-order valence-corrected chi connectivity index (χ0v) is 14.1. The van der Waals surface area contributed by atoms with E-state index in [9.17, 15) is 4.79 Å². The van der Waals surface area contributed by atoms with Gasteiger partial charge in [-0.1, -0.05) is 31.1 Å². The normalized spacial score (nSPS) is 16.9. The Hall–Kier alpha value is -1.38. The molecule has 0 saturated carbocycles. The van der Waals surface area contributed by atoms with Crippen molar-refractivity contribution in [2.24, 2.45) is 10.9 Å². The monoisotopic (exact) mass is 290 g/mol. The van der Waals surface area contributed by atoms with Crippen LogP contribution in [0.15, 0.2) is 28.8 Å². The highest BCUT2D eigenvalue weighted by molar-refractivity contribution is 6.27. The standard InChI is InChI=1S/C18H30N2O/c1-6-16(9-7-8-14(2)3)17(11-10-15(4)5)20-13-19-12-18(20)21/h6,12,15,17H,2,7-11,13H2,1,3-5H3/b16-6+. The molecule has 3 heteroatoms. The Morgan fingerprint density at radius 1 is 1.43 bits per heavy atom. The molecule has 1 aliphatic rings. The van der Waals surface area contributed by atoms with E-state index in [0.29, 0.717) is 12.6 Å². The maximum atomic E-state index is 12.0. The molecule has 0 N–H and O–H groups in total. The minimum atomic E-state index is 0.0583. The predicted octanol–water partition coefficient (Wildman–Crippen LogP) is 4.35. The lowest BCUT2D eigenvalue weighted by atomic mass is 9.92. The average molecular weight is 290 g/mol. The van der Waals surface area contributed by atoms with Crippen molar-refractivity contribution in [2.45, 2.75) is 65.8 Å². The number of amides is 1. The molecule has 0 spiro atoms. The Bertz CT molecular complexity index is 421. The molecule has 1 rings (SSSR count). The van der Waals surface area contributed by atoms with Crippen molar-refractivity contribution in [3.63, 3.8) is 0 Å². The minimum Gasteiger partial charge on any atom is -0.312 e. The Kier molecular flexibility index (Phi) is 7.41. The fourth-order valence-electron chi connectivity index (χ4n) is 2.73. The smallest absolute Gasteiger partial charge is 0.266 e. The van der Waals surface area contributed by atoms with Crippen LogP contribution < -0.4 is 0 Å². The molecule has 3 nitrogen and oxygen atoms in total. The first-order chi connectivity index (χ1) is 9.95. The lowest BCUT2D eigenvalue weighted by Gasteiger charge is -2.30. The van der Waals surface area contributed by atoms with E-state index in [-0.39, 0.29) is 11.9 Å². The van der Waals surface area contributed by atoms with Gasteiger partial charge in [-0.3, -0.25) is 9.79 Å². The molecular formula is C18H30N2O. The van der Waals surface area contributed by atoms with Crippen molar-refractivity contribution in [3.05, 3.63) is 23.8 Å². The highest BCUT2D eigenvalue weighted by Crippen LogP contribution is 2.25. The summed E-state index contributed by atoms with van der Waals surface area (Å²) >= 11 is 0. The van der Waals surface area contributed by atoms with Gasteiger partial charge in [-0.25, -0.2) is 0 Å². The summed E-state index contributed by atoms with van der Waals surface area (Å²) in [7, 11) is 0. The topological polar surface area (TPSA) is 32.7 Å². The Balaban J connectivity index is 2.72. The lowest BCUT2D eigenvalue weighted by Crippen LogP contribution is -2.39. The van der Waals surface area contributed by atoms with Gasteiger partial charge >= 0.3 is 0 Å². The van der Waals surface area contributed by atoms with E-state index in [0.717, 1.165) is 32.1 Å². The molecule has 0 aromatic heterocycles. The zero-order valence-electron chi connectivity index (χ0n) is 14.1. The molecule has 1 atom stereocenters. The van der Waals surface area contributed by atoms with Crippen LogP contribution in [0.2, 0.25) is 0 Å². The molecule has 0 aromatic rings. The number of allylic oxidation sites excluding steroid dienone is 2. The third-order valence-corrected chi connectivity index (χ3v) is 3.98. The number of aliphatic imine (C=N–C) groups is 1. The third kappa shape index (κ3) is 5.86. The molecular weight excluding hydrogens is 260 g/mol. The summed E-state index contributed by atoms with van der Waals surface area (Å²) in [5, 5.41) is 0. The molecule has 0 fully saturated rings. The van der Waals surface area contributed by atoms with E-state index >= 15 is 0 Å². The van der Waals surface area contributed by atoms with Crippen LogP contribution in [-0.2, 0) is 4.79 Å². The molecule has 0 aromatic carbocycles. The number of nitrogens with zero attached hydrogens (tertiary/aromatic N) is 2. The summed E-state index contributed by atoms with van der Waals surface area (Å²) < 4.78 is 0. The Morgan fingerprint density at radius 2 is 2.14 bits per heavy atom. The summed E-state index contributed by atoms with van der Waals surface area (Å²) in [6.45, 7) is 13.1. The average Bonchev–Trinajstić information content (AvgIpc) is 2.82. The van der Waals surface area contributed by atoms with E-state index in [4.69, 9.17) is 0 Å². The summed E-state index contributed by atoms with van der Waals surface area (Å²) in [5.41, 5.74) is 2.60. The van der Waals surface area contributed by atoms with Gasteiger partial charge in [0.2, 0.25) is 0 Å². The largest absolute Gasteiger partial charge is 0.312 e. The van der Waals surface area contributed by atoms with Gasteiger partial charge in [0.15, 0.2) is 0 Å². The van der Waals surface area contributed by atoms with Crippen LogP contribution in [-0.4, -0.2) is 29.7 Å². The molecule has 1 aliphatic heterocycles. The van der Waals surface area contributed by atoms with Crippen molar-refractivity contribution < 1.29 is 4.79 Å². The Labute approximate surface area is 129 Å². The van der Waals surface area contributed by atoms with Crippen molar-refractivity contribution in [2.75, 3.05) is 6.67 Å². The van der Waals surface area contributed by atoms with Gasteiger partial charge in [0, 0.05) is 0 Å². The van der Waals surface area contributed by atoms with Gasteiger partial charge in [-0.15, -0.1) is 6.58 Å². The van der Waals surface area contributed by atoms with Crippen molar-refractivity contribution >= 4 is 12.1 Å². The second-order valence-electron chi connectivity index (χ2n) is 6.42. The minimum absolute atomic E-state index is 0.0583. The molecule has 0 radical (unpaired) electrons. The molecule has 118 valence electrons. The molecule has 0 bridgehead atoms. The van der Waals surface area contributed by atoms with Crippen LogP contribution in [0.3, 0.4) is 0 Å². The summed E-state index contributed by atoms with van der Waals surface area (Å²) in [5.74, 6) is 0.711. The zero-order chi connectivity index (χ0) is 15.8. The number of carbonyl (C=O) groups excluding carboxylic acids is 1.